The van der Waals surface area contributed by atoms with Gasteiger partial charge < -0.3 is 9.67 Å². The van der Waals surface area contributed by atoms with Gasteiger partial charge in [-0.3, -0.25) is 0 Å². The fourth-order valence-electron chi connectivity index (χ4n) is 0.979. The van der Waals surface area contributed by atoms with Gasteiger partial charge in [-0.15, -0.1) is 0 Å². The summed E-state index contributed by atoms with van der Waals surface area (Å²) in [5, 5.41) is 18.1. The van der Waals surface area contributed by atoms with Crippen molar-refractivity contribution >= 4 is 0 Å². The summed E-state index contributed by atoms with van der Waals surface area (Å²) >= 11 is 0. The number of rotatable bonds is 2. The average molecular weight is 165 g/mol. The third-order valence-corrected chi connectivity index (χ3v) is 1.83. The molecular formula is C8H11N3O. The minimum atomic E-state index is -0.748. The lowest BCUT2D eigenvalue weighted by Crippen LogP contribution is -2.10. The number of aliphatic hydroxyl groups is 1. The van der Waals surface area contributed by atoms with Crippen LogP contribution in [0.5, 0.6) is 0 Å². The number of nitriles is 1. The number of aliphatic hydroxyl groups excluding tert-OH is 1. The van der Waals surface area contributed by atoms with Crippen molar-refractivity contribution in [1.82, 2.24) is 9.55 Å². The summed E-state index contributed by atoms with van der Waals surface area (Å²) in [5.41, 5.74) is 0.670. The minimum absolute atomic E-state index is 0.402. The van der Waals surface area contributed by atoms with E-state index in [1.54, 1.807) is 31.1 Å². The lowest BCUT2D eigenvalue weighted by atomic mass is 10.0. The largest absolute Gasteiger partial charge is 0.385 e. The number of hydrogen-bond acceptors (Lipinski definition) is 3. The Morgan fingerprint density at radius 1 is 1.75 bits per heavy atom. The van der Waals surface area contributed by atoms with Gasteiger partial charge in [0, 0.05) is 7.05 Å². The summed E-state index contributed by atoms with van der Waals surface area (Å²) in [6.45, 7) is 1.68. The summed E-state index contributed by atoms with van der Waals surface area (Å²) in [7, 11) is 1.79. The van der Waals surface area contributed by atoms with Gasteiger partial charge in [0.2, 0.25) is 0 Å². The summed E-state index contributed by atoms with van der Waals surface area (Å²) in [6.07, 6.45) is 2.42. The molecule has 0 aliphatic rings. The zero-order valence-corrected chi connectivity index (χ0v) is 7.10. The first-order valence-electron chi connectivity index (χ1n) is 3.70. The van der Waals surface area contributed by atoms with Gasteiger partial charge in [0.05, 0.1) is 30.2 Å². The maximum absolute atomic E-state index is 9.58. The van der Waals surface area contributed by atoms with Crippen LogP contribution < -0.4 is 0 Å². The second-order valence-electron chi connectivity index (χ2n) is 2.79. The van der Waals surface area contributed by atoms with E-state index in [0.29, 0.717) is 5.69 Å². The first kappa shape index (κ1) is 8.75. The van der Waals surface area contributed by atoms with Gasteiger partial charge in [0.1, 0.15) is 6.10 Å². The van der Waals surface area contributed by atoms with E-state index in [4.69, 9.17) is 5.26 Å². The van der Waals surface area contributed by atoms with Crippen molar-refractivity contribution in [3.8, 4) is 6.07 Å². The predicted molar refractivity (Wildman–Crippen MR) is 42.9 cm³/mol. The molecule has 12 heavy (non-hydrogen) atoms. The zero-order valence-electron chi connectivity index (χ0n) is 7.10. The van der Waals surface area contributed by atoms with E-state index in [9.17, 15) is 5.11 Å². The van der Waals surface area contributed by atoms with Crippen molar-refractivity contribution in [1.29, 1.82) is 5.26 Å². The Bertz CT molecular complexity index is 299. The van der Waals surface area contributed by atoms with Gasteiger partial charge in [-0.2, -0.15) is 5.26 Å². The van der Waals surface area contributed by atoms with Crippen LogP contribution in [-0.4, -0.2) is 14.7 Å². The molecule has 1 aromatic heterocycles. The molecule has 0 radical (unpaired) electrons. The van der Waals surface area contributed by atoms with Gasteiger partial charge in [-0.1, -0.05) is 0 Å². The third-order valence-electron chi connectivity index (χ3n) is 1.83. The highest BCUT2D eigenvalue weighted by Gasteiger charge is 2.18. The molecule has 1 aromatic rings. The molecule has 0 aliphatic carbocycles. The van der Waals surface area contributed by atoms with E-state index in [-0.39, 0.29) is 0 Å². The Balaban J connectivity index is 2.86. The zero-order chi connectivity index (χ0) is 9.14. The molecular weight excluding hydrogens is 154 g/mol. The van der Waals surface area contributed by atoms with Crippen LogP contribution in [0, 0.1) is 17.2 Å². The highest BCUT2D eigenvalue weighted by Crippen LogP contribution is 2.19. The third kappa shape index (κ3) is 1.46. The molecule has 0 aliphatic heterocycles. The molecule has 4 heteroatoms. The quantitative estimate of drug-likeness (QED) is 0.698. The maximum atomic E-state index is 9.58. The monoisotopic (exact) mass is 165 g/mol. The highest BCUT2D eigenvalue weighted by molar-refractivity contribution is 5.06. The Morgan fingerprint density at radius 2 is 2.42 bits per heavy atom. The Kier molecular flexibility index (Phi) is 2.46. The molecule has 0 saturated carbocycles. The molecule has 0 fully saturated rings. The normalized spacial score (nSPS) is 15.2. The predicted octanol–water partition coefficient (Wildman–Crippen LogP) is 0.613. The van der Waals surface area contributed by atoms with E-state index in [2.05, 4.69) is 4.98 Å². The van der Waals surface area contributed by atoms with Gasteiger partial charge in [-0.25, -0.2) is 4.98 Å². The molecule has 4 nitrogen and oxygen atoms in total. The van der Waals surface area contributed by atoms with E-state index in [0.717, 1.165) is 0 Å². The van der Waals surface area contributed by atoms with E-state index in [1.807, 2.05) is 6.07 Å². The minimum Gasteiger partial charge on any atom is -0.385 e. The smallest absolute Gasteiger partial charge is 0.111 e. The molecule has 1 N–H and O–H groups in total. The van der Waals surface area contributed by atoms with Gasteiger partial charge in [0.25, 0.3) is 0 Å². The lowest BCUT2D eigenvalue weighted by molar-refractivity contribution is 0.135. The van der Waals surface area contributed by atoms with E-state index < -0.39 is 12.0 Å². The Morgan fingerprint density at radius 3 is 2.83 bits per heavy atom. The van der Waals surface area contributed by atoms with Crippen LogP contribution in [0.3, 0.4) is 0 Å². The first-order chi connectivity index (χ1) is 5.66. The summed E-state index contributed by atoms with van der Waals surface area (Å²) in [5.74, 6) is -0.402. The molecule has 0 aromatic carbocycles. The van der Waals surface area contributed by atoms with Crippen LogP contribution in [0.1, 0.15) is 18.7 Å². The molecule has 0 spiro atoms. The highest BCUT2D eigenvalue weighted by atomic mass is 16.3. The van der Waals surface area contributed by atoms with Crippen molar-refractivity contribution in [2.24, 2.45) is 13.0 Å². The molecule has 64 valence electrons. The van der Waals surface area contributed by atoms with Crippen molar-refractivity contribution in [2.45, 2.75) is 13.0 Å². The van der Waals surface area contributed by atoms with Gasteiger partial charge >= 0.3 is 0 Å². The Hall–Kier alpha value is -1.34. The molecule has 0 bridgehead atoms. The van der Waals surface area contributed by atoms with Gasteiger partial charge in [-0.05, 0) is 6.92 Å². The van der Waals surface area contributed by atoms with Crippen LogP contribution in [0.2, 0.25) is 0 Å². The fourth-order valence-corrected chi connectivity index (χ4v) is 0.979. The summed E-state index contributed by atoms with van der Waals surface area (Å²) in [4.78, 5) is 3.85. The first-order valence-corrected chi connectivity index (χ1v) is 3.70. The molecule has 2 unspecified atom stereocenters. The van der Waals surface area contributed by atoms with Crippen molar-refractivity contribution in [3.63, 3.8) is 0 Å². The Labute approximate surface area is 71.1 Å². The van der Waals surface area contributed by atoms with Crippen LogP contribution in [0.15, 0.2) is 12.5 Å². The SMILES string of the molecule is CC(C#N)C(O)c1cncn1C. The van der Waals surface area contributed by atoms with Crippen molar-refractivity contribution in [3.05, 3.63) is 18.2 Å². The van der Waals surface area contributed by atoms with E-state index in [1.165, 1.54) is 0 Å². The van der Waals surface area contributed by atoms with Crippen LogP contribution in [0.4, 0.5) is 0 Å². The second kappa shape index (κ2) is 3.37. The second-order valence-corrected chi connectivity index (χ2v) is 2.79. The summed E-state index contributed by atoms with van der Waals surface area (Å²) in [6, 6.07) is 1.99. The molecule has 1 rings (SSSR count). The number of aryl methyl sites for hydroxylation is 1. The number of imidazole rings is 1. The molecule has 2 atom stereocenters. The summed E-state index contributed by atoms with van der Waals surface area (Å²) < 4.78 is 1.71. The molecule has 0 amide bonds. The maximum Gasteiger partial charge on any atom is 0.111 e. The number of nitrogens with zero attached hydrogens (tertiary/aromatic N) is 3. The number of hydrogen-bond donors (Lipinski definition) is 1. The van der Waals surface area contributed by atoms with Crippen molar-refractivity contribution < 1.29 is 5.11 Å². The number of aromatic nitrogens is 2. The van der Waals surface area contributed by atoms with Crippen LogP contribution in [-0.2, 0) is 7.05 Å². The van der Waals surface area contributed by atoms with Crippen molar-refractivity contribution in [2.75, 3.05) is 0 Å². The topological polar surface area (TPSA) is 61.8 Å². The lowest BCUT2D eigenvalue weighted by Gasteiger charge is -2.12. The standard InChI is InChI=1S/C8H11N3O/c1-6(3-9)8(12)7-4-10-5-11(7)2/h4-6,8,12H,1-2H3. The van der Waals surface area contributed by atoms with Crippen LogP contribution in [0.25, 0.3) is 0 Å². The van der Waals surface area contributed by atoms with Crippen LogP contribution >= 0.6 is 0 Å². The average Bonchev–Trinajstić information content (AvgIpc) is 2.48. The molecule has 0 saturated heterocycles. The fraction of sp³-hybridized carbons (Fsp3) is 0.500. The van der Waals surface area contributed by atoms with Gasteiger partial charge in [0.15, 0.2) is 0 Å². The van der Waals surface area contributed by atoms with E-state index >= 15 is 0 Å². The molecule has 1 heterocycles.